The van der Waals surface area contributed by atoms with Gasteiger partial charge < -0.3 is 4.90 Å². The molecule has 1 aliphatic rings. The topological polar surface area (TPSA) is 80.9 Å². The fourth-order valence-electron chi connectivity index (χ4n) is 2.93. The highest BCUT2D eigenvalue weighted by Gasteiger charge is 2.24. The van der Waals surface area contributed by atoms with Gasteiger partial charge in [-0.25, -0.2) is 9.48 Å². The van der Waals surface area contributed by atoms with Crippen LogP contribution in [0.15, 0.2) is 24.7 Å². The van der Waals surface area contributed by atoms with Crippen molar-refractivity contribution >= 4 is 11.8 Å². The van der Waals surface area contributed by atoms with Gasteiger partial charge in [-0.1, -0.05) is 5.21 Å². The van der Waals surface area contributed by atoms with E-state index in [1.54, 1.807) is 12.4 Å². The lowest BCUT2D eigenvalue weighted by Gasteiger charge is -2.32. The molecule has 3 heterocycles. The Kier molecular flexibility index (Phi) is 4.59. The molecular weight excluding hydrogens is 294 g/mol. The molecule has 1 aliphatic heterocycles. The van der Waals surface area contributed by atoms with E-state index in [1.165, 1.54) is 0 Å². The van der Waals surface area contributed by atoms with E-state index in [-0.39, 0.29) is 12.1 Å². The predicted molar refractivity (Wildman–Crippen MR) is 85.9 cm³/mol. The van der Waals surface area contributed by atoms with E-state index in [1.807, 2.05) is 40.4 Å². The average molecular weight is 317 g/mol. The van der Waals surface area contributed by atoms with Crippen LogP contribution in [-0.2, 0) is 6.54 Å². The van der Waals surface area contributed by atoms with Gasteiger partial charge in [0, 0.05) is 37.9 Å². The number of hydrogen-bond donors (Lipinski definition) is 1. The molecule has 0 aliphatic carbocycles. The van der Waals surface area contributed by atoms with Crippen LogP contribution in [0, 0.1) is 5.92 Å². The molecule has 0 saturated carbocycles. The Morgan fingerprint density at radius 1 is 1.35 bits per heavy atom. The van der Waals surface area contributed by atoms with Gasteiger partial charge in [0.25, 0.3) is 0 Å². The van der Waals surface area contributed by atoms with Crippen LogP contribution in [0.2, 0.25) is 0 Å². The van der Waals surface area contributed by atoms with Crippen LogP contribution in [0.5, 0.6) is 0 Å². The molecule has 3 rings (SSSR count). The number of likely N-dealkylation sites (tertiary alicyclic amines) is 1. The van der Waals surface area contributed by atoms with Gasteiger partial charge in [0.1, 0.15) is 5.82 Å². The summed E-state index contributed by atoms with van der Waals surface area (Å²) < 4.78 is 3.68. The van der Waals surface area contributed by atoms with Gasteiger partial charge in [-0.15, -0.1) is 5.10 Å². The SMILES string of the molecule is CC(C)n1nccc1NC(=O)N1CCC(Cn2ccnn2)CC1. The van der Waals surface area contributed by atoms with E-state index < -0.39 is 0 Å². The van der Waals surface area contributed by atoms with E-state index in [0.29, 0.717) is 5.92 Å². The van der Waals surface area contributed by atoms with Crippen molar-refractivity contribution in [1.82, 2.24) is 29.7 Å². The summed E-state index contributed by atoms with van der Waals surface area (Å²) in [5.41, 5.74) is 0. The molecule has 1 saturated heterocycles. The Morgan fingerprint density at radius 3 is 2.78 bits per heavy atom. The van der Waals surface area contributed by atoms with Crippen LogP contribution >= 0.6 is 0 Å². The van der Waals surface area contributed by atoms with Gasteiger partial charge in [0.15, 0.2) is 0 Å². The Balaban J connectivity index is 1.51. The number of piperidine rings is 1. The average Bonchev–Trinajstić information content (AvgIpc) is 3.19. The molecule has 0 radical (unpaired) electrons. The highest BCUT2D eigenvalue weighted by molar-refractivity contribution is 5.88. The summed E-state index contributed by atoms with van der Waals surface area (Å²) >= 11 is 0. The van der Waals surface area contributed by atoms with E-state index in [2.05, 4.69) is 20.7 Å². The monoisotopic (exact) mass is 317 g/mol. The van der Waals surface area contributed by atoms with Gasteiger partial charge in [0.2, 0.25) is 0 Å². The lowest BCUT2D eigenvalue weighted by molar-refractivity contribution is 0.175. The van der Waals surface area contributed by atoms with Gasteiger partial charge in [-0.05, 0) is 32.6 Å². The predicted octanol–water partition coefficient (Wildman–Crippen LogP) is 2.00. The van der Waals surface area contributed by atoms with E-state index in [0.717, 1.165) is 38.3 Å². The van der Waals surface area contributed by atoms with Crippen LogP contribution in [0.3, 0.4) is 0 Å². The molecule has 2 aromatic rings. The van der Waals surface area contributed by atoms with Crippen LogP contribution in [0.4, 0.5) is 10.6 Å². The number of anilines is 1. The number of carbonyl (C=O) groups is 1. The third-order valence-corrected chi connectivity index (χ3v) is 4.21. The smallest absolute Gasteiger partial charge is 0.322 e. The van der Waals surface area contributed by atoms with Crippen LogP contribution < -0.4 is 5.32 Å². The third kappa shape index (κ3) is 3.69. The molecular formula is C15H23N7O. The standard InChI is InChI=1S/C15H23N7O/c1-12(2)22-14(3-6-17-22)18-15(23)20-8-4-13(5-9-20)11-21-10-7-16-19-21/h3,6-7,10,12-13H,4-5,8-9,11H2,1-2H3,(H,18,23). The van der Waals surface area contributed by atoms with Crippen LogP contribution in [0.25, 0.3) is 0 Å². The highest BCUT2D eigenvalue weighted by Crippen LogP contribution is 2.20. The first-order valence-electron chi connectivity index (χ1n) is 8.07. The van der Waals surface area contributed by atoms with Crippen LogP contribution in [0.1, 0.15) is 32.7 Å². The number of urea groups is 1. The van der Waals surface area contributed by atoms with E-state index >= 15 is 0 Å². The normalized spacial score (nSPS) is 16.0. The number of rotatable bonds is 4. The quantitative estimate of drug-likeness (QED) is 0.935. The number of nitrogens with one attached hydrogen (secondary N) is 1. The first kappa shape index (κ1) is 15.5. The van der Waals surface area contributed by atoms with Crippen molar-refractivity contribution in [2.75, 3.05) is 18.4 Å². The summed E-state index contributed by atoms with van der Waals surface area (Å²) in [6.07, 6.45) is 7.25. The molecule has 0 spiro atoms. The van der Waals surface area contributed by atoms with E-state index in [4.69, 9.17) is 0 Å². The van der Waals surface area contributed by atoms with Crippen molar-refractivity contribution in [3.63, 3.8) is 0 Å². The first-order valence-corrected chi connectivity index (χ1v) is 8.07. The molecule has 23 heavy (non-hydrogen) atoms. The zero-order valence-electron chi connectivity index (χ0n) is 13.6. The number of aromatic nitrogens is 5. The second kappa shape index (κ2) is 6.80. The number of hydrogen-bond acceptors (Lipinski definition) is 4. The summed E-state index contributed by atoms with van der Waals surface area (Å²) in [6, 6.07) is 2.00. The summed E-state index contributed by atoms with van der Waals surface area (Å²) in [5.74, 6) is 1.29. The molecule has 0 aromatic carbocycles. The molecule has 1 N–H and O–H groups in total. The number of amides is 2. The molecule has 2 aromatic heterocycles. The lowest BCUT2D eigenvalue weighted by atomic mass is 9.97. The molecule has 0 bridgehead atoms. The number of carbonyl (C=O) groups excluding carboxylic acids is 1. The van der Waals surface area contributed by atoms with Crippen molar-refractivity contribution in [2.45, 2.75) is 39.3 Å². The van der Waals surface area contributed by atoms with Crippen molar-refractivity contribution in [3.05, 3.63) is 24.7 Å². The molecule has 8 heteroatoms. The van der Waals surface area contributed by atoms with Crippen molar-refractivity contribution < 1.29 is 4.79 Å². The molecule has 1 fully saturated rings. The highest BCUT2D eigenvalue weighted by atomic mass is 16.2. The summed E-state index contributed by atoms with van der Waals surface area (Å²) in [4.78, 5) is 14.3. The minimum absolute atomic E-state index is 0.0494. The van der Waals surface area contributed by atoms with Gasteiger partial charge in [0.05, 0.1) is 12.4 Å². The summed E-state index contributed by atoms with van der Waals surface area (Å²) in [5, 5.41) is 15.0. The summed E-state index contributed by atoms with van der Waals surface area (Å²) in [7, 11) is 0. The lowest BCUT2D eigenvalue weighted by Crippen LogP contribution is -2.42. The molecule has 124 valence electrons. The zero-order valence-corrected chi connectivity index (χ0v) is 13.6. The zero-order chi connectivity index (χ0) is 16.2. The third-order valence-electron chi connectivity index (χ3n) is 4.21. The van der Waals surface area contributed by atoms with Crippen LogP contribution in [-0.4, -0.2) is 48.8 Å². The van der Waals surface area contributed by atoms with Crippen molar-refractivity contribution in [1.29, 1.82) is 0 Å². The Hall–Kier alpha value is -2.38. The molecule has 0 atom stereocenters. The minimum atomic E-state index is -0.0494. The minimum Gasteiger partial charge on any atom is -0.324 e. The van der Waals surface area contributed by atoms with Crippen molar-refractivity contribution in [3.8, 4) is 0 Å². The van der Waals surface area contributed by atoms with Gasteiger partial charge >= 0.3 is 6.03 Å². The van der Waals surface area contributed by atoms with Gasteiger partial charge in [-0.2, -0.15) is 5.10 Å². The maximum atomic E-state index is 12.4. The molecule has 8 nitrogen and oxygen atoms in total. The largest absolute Gasteiger partial charge is 0.324 e. The second-order valence-electron chi connectivity index (χ2n) is 6.24. The fourth-order valence-corrected chi connectivity index (χ4v) is 2.93. The second-order valence-corrected chi connectivity index (χ2v) is 6.24. The van der Waals surface area contributed by atoms with Gasteiger partial charge in [-0.3, -0.25) is 10.00 Å². The first-order chi connectivity index (χ1) is 11.1. The van der Waals surface area contributed by atoms with Crippen molar-refractivity contribution in [2.24, 2.45) is 5.92 Å². The summed E-state index contributed by atoms with van der Waals surface area (Å²) in [6.45, 7) is 6.48. The molecule has 2 amide bonds. The maximum absolute atomic E-state index is 12.4. The molecule has 0 unspecified atom stereocenters. The van der Waals surface area contributed by atoms with E-state index in [9.17, 15) is 4.79 Å². The maximum Gasteiger partial charge on any atom is 0.322 e. The Labute approximate surface area is 135 Å². The number of nitrogens with zero attached hydrogens (tertiary/aromatic N) is 6. The Morgan fingerprint density at radius 2 is 2.13 bits per heavy atom. The Bertz CT molecular complexity index is 626. The fraction of sp³-hybridized carbons (Fsp3) is 0.600.